The van der Waals surface area contributed by atoms with E-state index in [1.165, 1.54) is 12.8 Å². The summed E-state index contributed by atoms with van der Waals surface area (Å²) in [7, 11) is 0. The first-order valence-corrected chi connectivity index (χ1v) is 7.24. The lowest BCUT2D eigenvalue weighted by Gasteiger charge is -2.34. The van der Waals surface area contributed by atoms with Crippen molar-refractivity contribution in [2.45, 2.75) is 52.1 Å². The lowest BCUT2D eigenvalue weighted by molar-refractivity contribution is -0.0108. The van der Waals surface area contributed by atoms with Gasteiger partial charge in [-0.2, -0.15) is 0 Å². The minimum atomic E-state index is -0.637. The highest BCUT2D eigenvalue weighted by Gasteiger charge is 2.43. The fourth-order valence-electron chi connectivity index (χ4n) is 2.59. The minimum absolute atomic E-state index is 0.400. The fourth-order valence-corrected chi connectivity index (χ4v) is 2.59. The summed E-state index contributed by atoms with van der Waals surface area (Å²) in [6.07, 6.45) is 4.74. The zero-order valence-electron chi connectivity index (χ0n) is 11.8. The van der Waals surface area contributed by atoms with Gasteiger partial charge in [-0.3, -0.25) is 0 Å². The van der Waals surface area contributed by atoms with E-state index in [9.17, 15) is 5.11 Å². The molecule has 0 saturated heterocycles. The van der Waals surface area contributed by atoms with Crippen LogP contribution in [-0.4, -0.2) is 41.8 Å². The maximum atomic E-state index is 10.6. The first kappa shape index (κ1) is 14.9. The predicted molar refractivity (Wildman–Crippen MR) is 72.9 cm³/mol. The van der Waals surface area contributed by atoms with Crippen molar-refractivity contribution in [1.29, 1.82) is 0 Å². The molecule has 17 heavy (non-hydrogen) atoms. The molecule has 3 heteroatoms. The Labute approximate surface area is 106 Å². The van der Waals surface area contributed by atoms with Gasteiger partial charge in [0, 0.05) is 19.6 Å². The van der Waals surface area contributed by atoms with Gasteiger partial charge in [0.2, 0.25) is 0 Å². The number of hydrogen-bond donors (Lipinski definition) is 2. The van der Waals surface area contributed by atoms with Crippen molar-refractivity contribution in [1.82, 2.24) is 4.90 Å². The van der Waals surface area contributed by atoms with Gasteiger partial charge in [0.25, 0.3) is 0 Å². The number of nitrogens with zero attached hydrogens (tertiary/aromatic N) is 1. The number of aliphatic hydroxyl groups is 1. The van der Waals surface area contributed by atoms with Gasteiger partial charge in [0.05, 0.1) is 5.60 Å². The summed E-state index contributed by atoms with van der Waals surface area (Å²) in [6.45, 7) is 9.92. The van der Waals surface area contributed by atoms with E-state index in [2.05, 4.69) is 25.7 Å². The highest BCUT2D eigenvalue weighted by Crippen LogP contribution is 2.39. The number of nitrogens with two attached hydrogens (primary N) is 1. The van der Waals surface area contributed by atoms with E-state index in [1.807, 2.05) is 0 Å². The van der Waals surface area contributed by atoms with Crippen molar-refractivity contribution in [3.8, 4) is 0 Å². The molecule has 0 bridgehead atoms. The van der Waals surface area contributed by atoms with Crippen LogP contribution >= 0.6 is 0 Å². The van der Waals surface area contributed by atoms with Crippen LogP contribution in [-0.2, 0) is 0 Å². The molecular formula is C14H30N2O. The molecule has 1 rings (SSSR count). The lowest BCUT2D eigenvalue weighted by atomic mass is 9.95. The van der Waals surface area contributed by atoms with Crippen molar-refractivity contribution in [2.24, 2.45) is 17.6 Å². The summed E-state index contributed by atoms with van der Waals surface area (Å²) >= 11 is 0. The standard InChI is InChI=1S/C14H30N2O/c1-4-12(5-2)9-16(6-3)11-14(17,10-15)13-7-8-13/h12-13,17H,4-11,15H2,1-3H3. The van der Waals surface area contributed by atoms with E-state index < -0.39 is 5.60 Å². The second-order valence-electron chi connectivity index (χ2n) is 5.59. The molecular weight excluding hydrogens is 212 g/mol. The molecule has 0 radical (unpaired) electrons. The highest BCUT2D eigenvalue weighted by atomic mass is 16.3. The molecule has 1 fully saturated rings. The Morgan fingerprint density at radius 3 is 2.24 bits per heavy atom. The van der Waals surface area contributed by atoms with Crippen LogP contribution in [0.25, 0.3) is 0 Å². The van der Waals surface area contributed by atoms with Crippen molar-refractivity contribution in [3.05, 3.63) is 0 Å². The zero-order valence-corrected chi connectivity index (χ0v) is 11.8. The van der Waals surface area contributed by atoms with Gasteiger partial charge in [-0.1, -0.05) is 33.6 Å². The van der Waals surface area contributed by atoms with Gasteiger partial charge >= 0.3 is 0 Å². The van der Waals surface area contributed by atoms with Crippen LogP contribution in [0.3, 0.4) is 0 Å². The molecule has 0 aliphatic heterocycles. The van der Waals surface area contributed by atoms with Gasteiger partial charge in [-0.25, -0.2) is 0 Å². The molecule has 0 aromatic carbocycles. The van der Waals surface area contributed by atoms with Crippen LogP contribution < -0.4 is 5.73 Å². The molecule has 0 heterocycles. The Hall–Kier alpha value is -0.120. The molecule has 102 valence electrons. The molecule has 0 amide bonds. The van der Waals surface area contributed by atoms with Crippen molar-refractivity contribution in [3.63, 3.8) is 0 Å². The summed E-state index contributed by atoms with van der Waals surface area (Å²) in [5.74, 6) is 1.19. The SMILES string of the molecule is CCC(CC)CN(CC)CC(O)(CN)C1CC1. The van der Waals surface area contributed by atoms with Gasteiger partial charge < -0.3 is 15.7 Å². The molecule has 0 spiro atoms. The van der Waals surface area contributed by atoms with Gasteiger partial charge in [-0.05, 0) is 31.2 Å². The van der Waals surface area contributed by atoms with Crippen LogP contribution in [0, 0.1) is 11.8 Å². The Kier molecular flexibility index (Phi) is 5.90. The normalized spacial score (nSPS) is 19.9. The number of rotatable bonds is 9. The molecule has 1 aliphatic rings. The first-order valence-electron chi connectivity index (χ1n) is 7.24. The second kappa shape index (κ2) is 6.72. The van der Waals surface area contributed by atoms with Crippen LogP contribution in [0.1, 0.15) is 46.5 Å². The quantitative estimate of drug-likeness (QED) is 0.649. The van der Waals surface area contributed by atoms with Crippen molar-refractivity contribution in [2.75, 3.05) is 26.2 Å². The molecule has 0 aromatic rings. The Bertz CT molecular complexity index is 214. The maximum absolute atomic E-state index is 10.6. The van der Waals surface area contributed by atoms with Crippen molar-refractivity contribution < 1.29 is 5.11 Å². The van der Waals surface area contributed by atoms with E-state index >= 15 is 0 Å². The predicted octanol–water partition coefficient (Wildman–Crippen LogP) is 1.84. The van der Waals surface area contributed by atoms with Crippen LogP contribution in [0.5, 0.6) is 0 Å². The third-order valence-electron chi connectivity index (χ3n) is 4.31. The smallest absolute Gasteiger partial charge is 0.0923 e. The van der Waals surface area contributed by atoms with E-state index in [1.54, 1.807) is 0 Å². The molecule has 1 unspecified atom stereocenters. The van der Waals surface area contributed by atoms with E-state index in [0.29, 0.717) is 12.5 Å². The molecule has 1 saturated carbocycles. The average Bonchev–Trinajstić information content (AvgIpc) is 3.18. The molecule has 3 nitrogen and oxygen atoms in total. The monoisotopic (exact) mass is 242 g/mol. The summed E-state index contributed by atoms with van der Waals surface area (Å²) in [4.78, 5) is 2.38. The third kappa shape index (κ3) is 4.23. The second-order valence-corrected chi connectivity index (χ2v) is 5.59. The van der Waals surface area contributed by atoms with E-state index in [4.69, 9.17) is 5.73 Å². The van der Waals surface area contributed by atoms with E-state index in [0.717, 1.165) is 38.4 Å². The summed E-state index contributed by atoms with van der Waals surface area (Å²) in [5, 5.41) is 10.6. The van der Waals surface area contributed by atoms with Gasteiger partial charge in [0.1, 0.15) is 0 Å². The Morgan fingerprint density at radius 2 is 1.88 bits per heavy atom. The van der Waals surface area contributed by atoms with Crippen molar-refractivity contribution >= 4 is 0 Å². The highest BCUT2D eigenvalue weighted by molar-refractivity contribution is 4.97. The molecule has 1 aliphatic carbocycles. The van der Waals surface area contributed by atoms with Crippen LogP contribution in [0.15, 0.2) is 0 Å². The summed E-state index contributed by atoms with van der Waals surface area (Å²) in [6, 6.07) is 0. The van der Waals surface area contributed by atoms with Gasteiger partial charge in [-0.15, -0.1) is 0 Å². The third-order valence-corrected chi connectivity index (χ3v) is 4.31. The largest absolute Gasteiger partial charge is 0.387 e. The summed E-state index contributed by atoms with van der Waals surface area (Å²) < 4.78 is 0. The number of likely N-dealkylation sites (N-methyl/N-ethyl adjacent to an activating group) is 1. The molecule has 0 aromatic heterocycles. The Balaban J connectivity index is 2.49. The van der Waals surface area contributed by atoms with Gasteiger partial charge in [0.15, 0.2) is 0 Å². The first-order chi connectivity index (χ1) is 8.09. The maximum Gasteiger partial charge on any atom is 0.0923 e. The lowest BCUT2D eigenvalue weighted by Crippen LogP contribution is -2.51. The zero-order chi connectivity index (χ0) is 12.9. The Morgan fingerprint density at radius 1 is 1.29 bits per heavy atom. The average molecular weight is 242 g/mol. The topological polar surface area (TPSA) is 49.5 Å². The molecule has 3 N–H and O–H groups in total. The minimum Gasteiger partial charge on any atom is -0.387 e. The molecule has 1 atom stereocenters. The fraction of sp³-hybridized carbons (Fsp3) is 1.00. The number of hydrogen-bond acceptors (Lipinski definition) is 3. The van der Waals surface area contributed by atoms with Crippen LogP contribution in [0.4, 0.5) is 0 Å². The van der Waals surface area contributed by atoms with Crippen LogP contribution in [0.2, 0.25) is 0 Å². The van der Waals surface area contributed by atoms with E-state index in [-0.39, 0.29) is 0 Å². The summed E-state index contributed by atoms with van der Waals surface area (Å²) in [5.41, 5.74) is 5.13.